The predicted octanol–water partition coefficient (Wildman–Crippen LogP) is 1.98. The summed E-state index contributed by atoms with van der Waals surface area (Å²) in [5.74, 6) is -0.243. The maximum absolute atomic E-state index is 12.9. The lowest BCUT2D eigenvalue weighted by atomic mass is 9.93. The Morgan fingerprint density at radius 1 is 1.31 bits per heavy atom. The van der Waals surface area contributed by atoms with E-state index in [-0.39, 0.29) is 30.7 Å². The fourth-order valence-corrected chi connectivity index (χ4v) is 3.17. The van der Waals surface area contributed by atoms with Crippen molar-refractivity contribution in [3.8, 4) is 6.07 Å². The number of hydrogen-bond acceptors (Lipinski definition) is 7. The Bertz CT molecular complexity index is 832. The topological polar surface area (TPSA) is 112 Å². The second kappa shape index (κ2) is 8.01. The summed E-state index contributed by atoms with van der Waals surface area (Å²) in [5, 5.41) is 19.5. The highest BCUT2D eigenvalue weighted by atomic mass is 32.2. The molecule has 3 amide bonds. The highest BCUT2D eigenvalue weighted by Crippen LogP contribution is 2.23. The Labute approximate surface area is 154 Å². The second-order valence-corrected chi connectivity index (χ2v) is 6.79. The molecule has 1 aromatic heterocycles. The fourth-order valence-electron chi connectivity index (χ4n) is 2.73. The Kier molecular flexibility index (Phi) is 5.53. The molecule has 1 N–H and O–H groups in total. The van der Waals surface area contributed by atoms with Crippen molar-refractivity contribution in [2.45, 2.75) is 31.2 Å². The SMILES string of the molecule is CC1NC(=O)N(Cc2ccccc2)C(=O)C1Cc1nnc(SCC#N)o1. The van der Waals surface area contributed by atoms with E-state index in [1.165, 1.54) is 4.90 Å². The number of benzene rings is 1. The summed E-state index contributed by atoms with van der Waals surface area (Å²) in [7, 11) is 0. The zero-order valence-electron chi connectivity index (χ0n) is 14.1. The normalized spacial score (nSPS) is 19.9. The Balaban J connectivity index is 1.72. The number of aromatic nitrogens is 2. The van der Waals surface area contributed by atoms with Gasteiger partial charge in [-0.25, -0.2) is 4.79 Å². The number of nitriles is 1. The predicted molar refractivity (Wildman–Crippen MR) is 92.8 cm³/mol. The van der Waals surface area contributed by atoms with E-state index >= 15 is 0 Å². The molecule has 8 nitrogen and oxygen atoms in total. The first-order valence-electron chi connectivity index (χ1n) is 8.06. The van der Waals surface area contributed by atoms with Crippen molar-refractivity contribution in [2.24, 2.45) is 5.92 Å². The van der Waals surface area contributed by atoms with Crippen molar-refractivity contribution in [1.29, 1.82) is 5.26 Å². The molecule has 2 unspecified atom stereocenters. The van der Waals surface area contributed by atoms with Crippen LogP contribution >= 0.6 is 11.8 Å². The number of carbonyl (C=O) groups excluding carboxylic acids is 2. The summed E-state index contributed by atoms with van der Waals surface area (Å²) in [6.45, 7) is 1.99. The molecule has 9 heteroatoms. The van der Waals surface area contributed by atoms with Crippen molar-refractivity contribution in [2.75, 3.05) is 5.75 Å². The second-order valence-electron chi connectivity index (χ2n) is 5.87. The van der Waals surface area contributed by atoms with E-state index in [1.54, 1.807) is 6.92 Å². The number of thioether (sulfide) groups is 1. The van der Waals surface area contributed by atoms with Crippen LogP contribution in [0.25, 0.3) is 0 Å². The van der Waals surface area contributed by atoms with E-state index in [4.69, 9.17) is 9.68 Å². The lowest BCUT2D eigenvalue weighted by Crippen LogP contribution is -2.59. The standard InChI is InChI=1S/C17H17N5O3S/c1-11-13(9-14-20-21-17(25-14)26-8-7-18)15(23)22(16(24)19-11)10-12-5-3-2-4-6-12/h2-6,11,13H,8-10H2,1H3,(H,19,24). The van der Waals surface area contributed by atoms with Crippen LogP contribution in [-0.4, -0.2) is 38.8 Å². The molecule has 1 aliphatic rings. The molecule has 134 valence electrons. The molecular weight excluding hydrogens is 354 g/mol. The number of urea groups is 1. The molecule has 0 radical (unpaired) electrons. The van der Waals surface area contributed by atoms with Crippen molar-refractivity contribution in [3.63, 3.8) is 0 Å². The van der Waals surface area contributed by atoms with Crippen LogP contribution in [0.4, 0.5) is 4.79 Å². The minimum absolute atomic E-state index is 0.210. The lowest BCUT2D eigenvalue weighted by molar-refractivity contribution is -0.135. The van der Waals surface area contributed by atoms with Crippen molar-refractivity contribution in [3.05, 3.63) is 41.8 Å². The van der Waals surface area contributed by atoms with Gasteiger partial charge in [0.1, 0.15) is 0 Å². The number of imide groups is 1. The molecular formula is C17H17N5O3S. The van der Waals surface area contributed by atoms with Gasteiger partial charge in [-0.2, -0.15) is 5.26 Å². The number of rotatable bonds is 6. The molecule has 1 fully saturated rings. The van der Waals surface area contributed by atoms with E-state index in [2.05, 4.69) is 15.5 Å². The molecule has 1 aliphatic heterocycles. The van der Waals surface area contributed by atoms with E-state index < -0.39 is 11.9 Å². The number of amides is 3. The van der Waals surface area contributed by atoms with Crippen LogP contribution in [0.3, 0.4) is 0 Å². The largest absolute Gasteiger partial charge is 0.416 e. The van der Waals surface area contributed by atoms with E-state index in [0.717, 1.165) is 17.3 Å². The average molecular weight is 371 g/mol. The highest BCUT2D eigenvalue weighted by Gasteiger charge is 2.39. The first kappa shape index (κ1) is 17.9. The third-order valence-electron chi connectivity index (χ3n) is 4.07. The third kappa shape index (κ3) is 4.03. The van der Waals surface area contributed by atoms with Gasteiger partial charge in [-0.05, 0) is 12.5 Å². The first-order chi connectivity index (χ1) is 12.6. The van der Waals surface area contributed by atoms with Gasteiger partial charge in [0.05, 0.1) is 24.3 Å². The first-order valence-corrected chi connectivity index (χ1v) is 9.05. The lowest BCUT2D eigenvalue weighted by Gasteiger charge is -2.35. The summed E-state index contributed by atoms with van der Waals surface area (Å²) in [6, 6.07) is 10.6. The summed E-state index contributed by atoms with van der Waals surface area (Å²) >= 11 is 1.14. The molecule has 0 spiro atoms. The van der Waals surface area contributed by atoms with Gasteiger partial charge in [0.15, 0.2) is 0 Å². The maximum Gasteiger partial charge on any atom is 0.324 e. The highest BCUT2D eigenvalue weighted by molar-refractivity contribution is 7.99. The minimum atomic E-state index is -0.495. The molecule has 2 aromatic rings. The Morgan fingerprint density at radius 2 is 2.08 bits per heavy atom. The van der Waals surface area contributed by atoms with Gasteiger partial charge in [0, 0.05) is 12.5 Å². The molecule has 2 atom stereocenters. The van der Waals surface area contributed by atoms with E-state index in [0.29, 0.717) is 11.1 Å². The van der Waals surface area contributed by atoms with Crippen LogP contribution in [0.2, 0.25) is 0 Å². The molecule has 26 heavy (non-hydrogen) atoms. The van der Waals surface area contributed by atoms with Gasteiger partial charge >= 0.3 is 6.03 Å². The molecule has 0 saturated carbocycles. The molecule has 1 aromatic carbocycles. The smallest absolute Gasteiger partial charge is 0.324 e. The zero-order chi connectivity index (χ0) is 18.5. The third-order valence-corrected chi connectivity index (χ3v) is 4.75. The maximum atomic E-state index is 12.9. The van der Waals surface area contributed by atoms with Crippen molar-refractivity contribution in [1.82, 2.24) is 20.4 Å². The molecule has 0 aliphatic carbocycles. The van der Waals surface area contributed by atoms with Crippen LogP contribution in [0, 0.1) is 17.2 Å². The van der Waals surface area contributed by atoms with Crippen LogP contribution in [0.5, 0.6) is 0 Å². The van der Waals surface area contributed by atoms with Crippen molar-refractivity contribution >= 4 is 23.7 Å². The van der Waals surface area contributed by atoms with Crippen LogP contribution in [0.15, 0.2) is 40.0 Å². The summed E-state index contributed by atoms with van der Waals surface area (Å²) in [5.41, 5.74) is 0.872. The number of nitrogens with one attached hydrogen (secondary N) is 1. The summed E-state index contributed by atoms with van der Waals surface area (Å²) in [6.07, 6.45) is 0.228. The Morgan fingerprint density at radius 3 is 2.81 bits per heavy atom. The van der Waals surface area contributed by atoms with E-state index in [9.17, 15) is 9.59 Å². The monoisotopic (exact) mass is 371 g/mol. The van der Waals surface area contributed by atoms with Crippen LogP contribution in [-0.2, 0) is 17.8 Å². The quantitative estimate of drug-likeness (QED) is 0.773. The number of hydrogen-bond donors (Lipinski definition) is 1. The van der Waals surface area contributed by atoms with Gasteiger partial charge in [0.2, 0.25) is 11.8 Å². The molecule has 2 heterocycles. The summed E-state index contributed by atoms with van der Waals surface area (Å²) < 4.78 is 5.47. The van der Waals surface area contributed by atoms with Gasteiger partial charge in [-0.15, -0.1) is 10.2 Å². The zero-order valence-corrected chi connectivity index (χ0v) is 14.9. The summed E-state index contributed by atoms with van der Waals surface area (Å²) in [4.78, 5) is 26.3. The van der Waals surface area contributed by atoms with Crippen molar-refractivity contribution < 1.29 is 14.0 Å². The molecule has 1 saturated heterocycles. The molecule has 0 bridgehead atoms. The molecule has 3 rings (SSSR count). The van der Waals surface area contributed by atoms with Crippen LogP contribution in [0.1, 0.15) is 18.4 Å². The Hall–Kier alpha value is -2.86. The van der Waals surface area contributed by atoms with E-state index in [1.807, 2.05) is 36.4 Å². The van der Waals surface area contributed by atoms with Gasteiger partial charge in [0.25, 0.3) is 5.22 Å². The number of nitrogens with zero attached hydrogens (tertiary/aromatic N) is 4. The van der Waals surface area contributed by atoms with Crippen LogP contribution < -0.4 is 5.32 Å². The van der Waals surface area contributed by atoms with Gasteiger partial charge in [-0.3, -0.25) is 9.69 Å². The average Bonchev–Trinajstić information content (AvgIpc) is 3.09. The fraction of sp³-hybridized carbons (Fsp3) is 0.353. The minimum Gasteiger partial charge on any atom is -0.416 e. The number of carbonyl (C=O) groups is 2. The van der Waals surface area contributed by atoms with Gasteiger partial charge < -0.3 is 9.73 Å². The van der Waals surface area contributed by atoms with Gasteiger partial charge in [-0.1, -0.05) is 42.1 Å².